The maximum absolute atomic E-state index is 12.3. The summed E-state index contributed by atoms with van der Waals surface area (Å²) in [6, 6.07) is 0.846. The molecule has 0 saturated carbocycles. The van der Waals surface area contributed by atoms with Gasteiger partial charge < -0.3 is 0 Å². The maximum Gasteiger partial charge on any atom is 0.433 e. The summed E-state index contributed by atoms with van der Waals surface area (Å²) in [7, 11) is 0. The molecule has 0 N–H and O–H groups in total. The van der Waals surface area contributed by atoms with E-state index in [4.69, 9.17) is 0 Å². The topological polar surface area (TPSA) is 25.8 Å². The van der Waals surface area contributed by atoms with Gasteiger partial charge >= 0.3 is 6.18 Å². The highest BCUT2D eigenvalue weighted by atomic mass is 19.4. The average molecular weight is 228 g/mol. The molecule has 0 fully saturated rings. The van der Waals surface area contributed by atoms with Gasteiger partial charge in [-0.2, -0.15) is 13.2 Å². The van der Waals surface area contributed by atoms with Crippen LogP contribution in [0.15, 0.2) is 12.4 Å². The molecule has 1 aromatic rings. The van der Waals surface area contributed by atoms with E-state index in [1.165, 1.54) is 0 Å². The predicted molar refractivity (Wildman–Crippen MR) is 53.4 cm³/mol. The molecule has 1 aromatic heterocycles. The van der Waals surface area contributed by atoms with Gasteiger partial charge in [0.15, 0.2) is 0 Å². The molecule has 5 heteroatoms. The Hall–Kier alpha value is -1.57. The summed E-state index contributed by atoms with van der Waals surface area (Å²) < 4.78 is 36.9. The van der Waals surface area contributed by atoms with Crippen LogP contribution in [0.3, 0.4) is 0 Å². The van der Waals surface area contributed by atoms with Crippen LogP contribution in [0.25, 0.3) is 0 Å². The molecule has 16 heavy (non-hydrogen) atoms. The van der Waals surface area contributed by atoms with Gasteiger partial charge in [0, 0.05) is 11.5 Å². The molecule has 0 saturated heterocycles. The molecule has 0 unspecified atom stereocenters. The van der Waals surface area contributed by atoms with Crippen LogP contribution < -0.4 is 0 Å². The van der Waals surface area contributed by atoms with Crippen LogP contribution in [-0.4, -0.2) is 9.97 Å². The highest BCUT2D eigenvalue weighted by Gasteiger charge is 2.32. The Kier molecular flexibility index (Phi) is 3.22. The fraction of sp³-hybridized carbons (Fsp3) is 0.455. The summed E-state index contributed by atoms with van der Waals surface area (Å²) >= 11 is 0. The van der Waals surface area contributed by atoms with Crippen LogP contribution >= 0.6 is 0 Å². The molecule has 0 aliphatic rings. The lowest BCUT2D eigenvalue weighted by molar-refractivity contribution is -0.141. The third kappa shape index (κ3) is 3.89. The van der Waals surface area contributed by atoms with Gasteiger partial charge in [-0.1, -0.05) is 5.92 Å². The summed E-state index contributed by atoms with van der Waals surface area (Å²) in [6.45, 7) is 5.60. The van der Waals surface area contributed by atoms with Crippen LogP contribution in [0.1, 0.15) is 32.2 Å². The molecule has 86 valence electrons. The first kappa shape index (κ1) is 12.5. The molecule has 0 bridgehead atoms. The molecule has 0 atom stereocenters. The van der Waals surface area contributed by atoms with Gasteiger partial charge in [0.2, 0.25) is 0 Å². The second-order valence-corrected chi connectivity index (χ2v) is 4.29. The van der Waals surface area contributed by atoms with E-state index in [-0.39, 0.29) is 11.1 Å². The number of aromatic nitrogens is 2. The maximum atomic E-state index is 12.3. The fourth-order valence-corrected chi connectivity index (χ4v) is 0.832. The van der Waals surface area contributed by atoms with Crippen molar-refractivity contribution in [3.05, 3.63) is 23.8 Å². The highest BCUT2D eigenvalue weighted by molar-refractivity contribution is 5.30. The monoisotopic (exact) mass is 228 g/mol. The van der Waals surface area contributed by atoms with E-state index in [0.29, 0.717) is 0 Å². The first-order valence-corrected chi connectivity index (χ1v) is 4.61. The van der Waals surface area contributed by atoms with Crippen molar-refractivity contribution in [1.82, 2.24) is 9.97 Å². The molecule has 1 rings (SSSR count). The fourth-order valence-electron chi connectivity index (χ4n) is 0.832. The number of halogens is 3. The average Bonchev–Trinajstić information content (AvgIpc) is 2.13. The predicted octanol–water partition coefficient (Wildman–Crippen LogP) is 2.89. The lowest BCUT2D eigenvalue weighted by Crippen LogP contribution is -2.08. The minimum atomic E-state index is -4.46. The van der Waals surface area contributed by atoms with Crippen molar-refractivity contribution in [3.63, 3.8) is 0 Å². The lowest BCUT2D eigenvalue weighted by Gasteiger charge is -2.07. The van der Waals surface area contributed by atoms with Gasteiger partial charge in [0.1, 0.15) is 17.7 Å². The van der Waals surface area contributed by atoms with Crippen LogP contribution in [-0.2, 0) is 6.18 Å². The van der Waals surface area contributed by atoms with Gasteiger partial charge in [-0.05, 0) is 26.7 Å². The molecular weight excluding hydrogens is 217 g/mol. The molecule has 0 amide bonds. The van der Waals surface area contributed by atoms with E-state index in [9.17, 15) is 13.2 Å². The van der Waals surface area contributed by atoms with Crippen molar-refractivity contribution < 1.29 is 13.2 Å². The van der Waals surface area contributed by atoms with Crippen LogP contribution in [0.4, 0.5) is 13.2 Å². The number of rotatable bonds is 0. The van der Waals surface area contributed by atoms with E-state index < -0.39 is 11.9 Å². The zero-order chi connectivity index (χ0) is 12.4. The van der Waals surface area contributed by atoms with Crippen molar-refractivity contribution in [3.8, 4) is 11.8 Å². The highest BCUT2D eigenvalue weighted by Crippen LogP contribution is 2.27. The Morgan fingerprint density at radius 3 is 2.25 bits per heavy atom. The van der Waals surface area contributed by atoms with E-state index >= 15 is 0 Å². The summed E-state index contributed by atoms with van der Waals surface area (Å²) in [5.74, 6) is 5.41. The summed E-state index contributed by atoms with van der Waals surface area (Å²) in [6.07, 6.45) is -3.59. The van der Waals surface area contributed by atoms with Crippen molar-refractivity contribution in [2.75, 3.05) is 0 Å². The second-order valence-electron chi connectivity index (χ2n) is 4.29. The minimum Gasteiger partial charge on any atom is -0.232 e. The largest absolute Gasteiger partial charge is 0.433 e. The Bertz CT molecular complexity index is 433. The zero-order valence-corrected chi connectivity index (χ0v) is 9.18. The smallest absolute Gasteiger partial charge is 0.232 e. The van der Waals surface area contributed by atoms with Gasteiger partial charge in [0.25, 0.3) is 0 Å². The van der Waals surface area contributed by atoms with E-state index in [2.05, 4.69) is 21.8 Å². The lowest BCUT2D eigenvalue weighted by atomic mass is 9.98. The van der Waals surface area contributed by atoms with E-state index in [1.54, 1.807) is 0 Å². The third-order valence-electron chi connectivity index (χ3n) is 1.52. The summed E-state index contributed by atoms with van der Waals surface area (Å²) in [5.41, 5.74) is -1.17. The number of alkyl halides is 3. The Balaban J connectivity index is 3.04. The third-order valence-corrected chi connectivity index (χ3v) is 1.52. The van der Waals surface area contributed by atoms with Gasteiger partial charge in [-0.25, -0.2) is 9.97 Å². The molecule has 2 nitrogen and oxygen atoms in total. The molecule has 1 heterocycles. The number of nitrogens with zero attached hydrogens (tertiary/aromatic N) is 2. The zero-order valence-electron chi connectivity index (χ0n) is 9.18. The molecule has 0 spiro atoms. The van der Waals surface area contributed by atoms with Crippen molar-refractivity contribution in [2.24, 2.45) is 5.41 Å². The van der Waals surface area contributed by atoms with Crippen molar-refractivity contribution in [2.45, 2.75) is 26.9 Å². The SMILES string of the molecule is CC(C)(C)C#Cc1cc(C(F)(F)F)ncn1. The minimum absolute atomic E-state index is 0.0808. The molecule has 0 aliphatic heterocycles. The van der Waals surface area contributed by atoms with Crippen molar-refractivity contribution >= 4 is 0 Å². The summed E-state index contributed by atoms with van der Waals surface area (Å²) in [5, 5.41) is 0. The Morgan fingerprint density at radius 2 is 1.75 bits per heavy atom. The van der Waals surface area contributed by atoms with Gasteiger partial charge in [-0.3, -0.25) is 0 Å². The Morgan fingerprint density at radius 1 is 1.12 bits per heavy atom. The molecule has 0 aromatic carbocycles. The van der Waals surface area contributed by atoms with Gasteiger partial charge in [-0.15, -0.1) is 0 Å². The number of hydrogen-bond acceptors (Lipinski definition) is 2. The molecule has 0 radical (unpaired) electrons. The standard InChI is InChI=1S/C11H11F3N2/c1-10(2,3)5-4-8-6-9(11(12,13)14)16-7-15-8/h6-7H,1-3H3. The van der Waals surface area contributed by atoms with Crippen molar-refractivity contribution in [1.29, 1.82) is 0 Å². The van der Waals surface area contributed by atoms with Gasteiger partial charge in [0.05, 0.1) is 0 Å². The van der Waals surface area contributed by atoms with E-state index in [0.717, 1.165) is 12.4 Å². The van der Waals surface area contributed by atoms with Crippen LogP contribution in [0, 0.1) is 17.3 Å². The molecule has 0 aliphatic carbocycles. The van der Waals surface area contributed by atoms with Crippen LogP contribution in [0.2, 0.25) is 0 Å². The first-order chi connectivity index (χ1) is 7.18. The molecular formula is C11H11F3N2. The first-order valence-electron chi connectivity index (χ1n) is 4.61. The van der Waals surface area contributed by atoms with E-state index in [1.807, 2.05) is 20.8 Å². The normalized spacial score (nSPS) is 11.9. The quantitative estimate of drug-likeness (QED) is 0.638. The number of hydrogen-bond donors (Lipinski definition) is 0. The summed E-state index contributed by atoms with van der Waals surface area (Å²) in [4.78, 5) is 6.82. The second kappa shape index (κ2) is 4.12. The Labute approximate surface area is 91.9 Å². The van der Waals surface area contributed by atoms with Crippen LogP contribution in [0.5, 0.6) is 0 Å².